The summed E-state index contributed by atoms with van der Waals surface area (Å²) in [6.07, 6.45) is 3.76. The van der Waals surface area contributed by atoms with Crippen LogP contribution in [-0.4, -0.2) is 19.7 Å². The van der Waals surface area contributed by atoms with Gasteiger partial charge in [0.25, 0.3) is 0 Å². The van der Waals surface area contributed by atoms with Crippen LogP contribution in [0.1, 0.15) is 38.2 Å². The smallest absolute Gasteiger partial charge is 0.182 e. The third-order valence-electron chi connectivity index (χ3n) is 4.44. The molecule has 2 saturated carbocycles. The molecular weight excluding hydrogens is 326 g/mol. The highest BCUT2D eigenvalue weighted by Crippen LogP contribution is 2.51. The van der Waals surface area contributed by atoms with Crippen LogP contribution in [0.15, 0.2) is 27.6 Å². The zero-order valence-corrected chi connectivity index (χ0v) is 13.3. The Morgan fingerprint density at radius 3 is 2.42 bits per heavy atom. The van der Waals surface area contributed by atoms with Crippen LogP contribution in [0.4, 0.5) is 0 Å². The van der Waals surface area contributed by atoms with Crippen molar-refractivity contribution in [2.45, 2.75) is 54.2 Å². The summed E-state index contributed by atoms with van der Waals surface area (Å²) in [5.41, 5.74) is 7.28. The molecule has 0 spiro atoms. The average molecular weight is 344 g/mol. The van der Waals surface area contributed by atoms with Crippen molar-refractivity contribution in [2.75, 3.05) is 0 Å². The third-order valence-corrected chi connectivity index (χ3v) is 7.67. The van der Waals surface area contributed by atoms with Gasteiger partial charge in [-0.25, -0.2) is 8.42 Å². The molecule has 5 heteroatoms. The van der Waals surface area contributed by atoms with Gasteiger partial charge in [-0.1, -0.05) is 6.07 Å². The van der Waals surface area contributed by atoms with E-state index >= 15 is 0 Å². The fourth-order valence-corrected chi connectivity index (χ4v) is 5.50. The van der Waals surface area contributed by atoms with Crippen molar-refractivity contribution in [3.8, 4) is 0 Å². The normalized spacial score (nSPS) is 23.1. The molecule has 1 aromatic carbocycles. The van der Waals surface area contributed by atoms with E-state index in [9.17, 15) is 8.42 Å². The largest absolute Gasteiger partial charge is 0.327 e. The Hall–Kier alpha value is -0.390. The first-order valence-corrected chi connectivity index (χ1v) is 9.01. The predicted octanol–water partition coefficient (Wildman–Crippen LogP) is 2.76. The number of nitrogens with two attached hydrogens (primary N) is 1. The van der Waals surface area contributed by atoms with Crippen molar-refractivity contribution in [1.82, 2.24) is 0 Å². The minimum absolute atomic E-state index is 0.0599. The van der Waals surface area contributed by atoms with E-state index in [0.29, 0.717) is 9.37 Å². The fraction of sp³-hybridized carbons (Fsp3) is 0.571. The lowest BCUT2D eigenvalue weighted by Crippen LogP contribution is -2.31. The highest BCUT2D eigenvalue weighted by atomic mass is 79.9. The van der Waals surface area contributed by atoms with Crippen LogP contribution in [0, 0.1) is 0 Å². The summed E-state index contributed by atoms with van der Waals surface area (Å²) in [7, 11) is -3.14. The molecule has 19 heavy (non-hydrogen) atoms. The summed E-state index contributed by atoms with van der Waals surface area (Å²) in [6.45, 7) is 2.02. The van der Waals surface area contributed by atoms with E-state index in [1.165, 1.54) is 0 Å². The molecule has 3 nitrogen and oxygen atoms in total. The van der Waals surface area contributed by atoms with Gasteiger partial charge in [-0.2, -0.15) is 0 Å². The molecule has 3 rings (SSSR count). The van der Waals surface area contributed by atoms with Crippen molar-refractivity contribution in [3.05, 3.63) is 28.2 Å². The van der Waals surface area contributed by atoms with Gasteiger partial charge in [0.05, 0.1) is 10.1 Å². The van der Waals surface area contributed by atoms with E-state index in [4.69, 9.17) is 5.73 Å². The Bertz CT molecular complexity index is 616. The van der Waals surface area contributed by atoms with Gasteiger partial charge in [0.15, 0.2) is 9.84 Å². The maximum atomic E-state index is 12.3. The summed E-state index contributed by atoms with van der Waals surface area (Å²) < 4.78 is 25.2. The third kappa shape index (κ3) is 2.16. The van der Waals surface area contributed by atoms with E-state index < -0.39 is 9.84 Å². The minimum Gasteiger partial charge on any atom is -0.327 e. The molecule has 1 aromatic rings. The van der Waals surface area contributed by atoms with Gasteiger partial charge in [-0.05, 0) is 66.2 Å². The fourth-order valence-electron chi connectivity index (χ4n) is 2.74. The molecule has 0 aromatic heterocycles. The number of benzene rings is 1. The summed E-state index contributed by atoms with van der Waals surface area (Å²) in [5, 5.41) is -0.169. The molecule has 1 atom stereocenters. The summed E-state index contributed by atoms with van der Waals surface area (Å²) in [5.74, 6) is 0. The summed E-state index contributed by atoms with van der Waals surface area (Å²) in [6, 6.07) is 5.74. The van der Waals surface area contributed by atoms with E-state index in [1.807, 2.05) is 19.1 Å². The molecule has 2 aliphatic carbocycles. The SMILES string of the molecule is CC(N)C1(c2ccc(S(=O)(=O)C3CC3)c(Br)c2)CC1. The Morgan fingerprint density at radius 2 is 2.00 bits per heavy atom. The first kappa shape index (κ1) is 13.6. The summed E-state index contributed by atoms with van der Waals surface area (Å²) >= 11 is 3.43. The first-order chi connectivity index (χ1) is 8.88. The van der Waals surface area contributed by atoms with Crippen LogP contribution in [0.2, 0.25) is 0 Å². The molecule has 104 valence electrons. The Kier molecular flexibility index (Phi) is 3.08. The predicted molar refractivity (Wildman–Crippen MR) is 78.9 cm³/mol. The van der Waals surface area contributed by atoms with Gasteiger partial charge in [-0.3, -0.25) is 0 Å². The monoisotopic (exact) mass is 343 g/mol. The molecule has 0 bridgehead atoms. The van der Waals surface area contributed by atoms with Crippen molar-refractivity contribution in [2.24, 2.45) is 5.73 Å². The minimum atomic E-state index is -3.14. The second-order valence-electron chi connectivity index (χ2n) is 5.83. The highest BCUT2D eigenvalue weighted by Gasteiger charge is 2.48. The van der Waals surface area contributed by atoms with Crippen LogP contribution in [-0.2, 0) is 15.3 Å². The lowest BCUT2D eigenvalue weighted by Gasteiger charge is -2.21. The number of hydrogen-bond acceptors (Lipinski definition) is 3. The van der Waals surface area contributed by atoms with Gasteiger partial charge < -0.3 is 5.73 Å². The Balaban J connectivity index is 1.99. The average Bonchev–Trinajstić information content (AvgIpc) is 3.19. The number of halogens is 1. The van der Waals surface area contributed by atoms with E-state index in [0.717, 1.165) is 31.2 Å². The van der Waals surface area contributed by atoms with E-state index in [2.05, 4.69) is 15.9 Å². The van der Waals surface area contributed by atoms with Gasteiger partial charge in [0.1, 0.15) is 0 Å². The quantitative estimate of drug-likeness (QED) is 0.914. The van der Waals surface area contributed by atoms with E-state index in [-0.39, 0.29) is 16.7 Å². The molecule has 0 saturated heterocycles. The van der Waals surface area contributed by atoms with Crippen LogP contribution in [0.3, 0.4) is 0 Å². The van der Waals surface area contributed by atoms with Crippen LogP contribution in [0.25, 0.3) is 0 Å². The first-order valence-electron chi connectivity index (χ1n) is 6.67. The lowest BCUT2D eigenvalue weighted by molar-refractivity contribution is 0.555. The number of rotatable bonds is 4. The van der Waals surface area contributed by atoms with E-state index in [1.54, 1.807) is 6.07 Å². The zero-order valence-electron chi connectivity index (χ0n) is 10.9. The summed E-state index contributed by atoms with van der Waals surface area (Å²) in [4.78, 5) is 0.430. The zero-order chi connectivity index (χ0) is 13.8. The second-order valence-corrected chi connectivity index (χ2v) is 8.89. The number of sulfone groups is 1. The van der Waals surface area contributed by atoms with Gasteiger partial charge in [-0.15, -0.1) is 0 Å². The topological polar surface area (TPSA) is 60.2 Å². The van der Waals surface area contributed by atoms with Crippen molar-refractivity contribution < 1.29 is 8.42 Å². The van der Waals surface area contributed by atoms with Crippen molar-refractivity contribution >= 4 is 25.8 Å². The van der Waals surface area contributed by atoms with Crippen LogP contribution < -0.4 is 5.73 Å². The highest BCUT2D eigenvalue weighted by molar-refractivity contribution is 9.10. The molecule has 0 amide bonds. The molecule has 2 N–H and O–H groups in total. The van der Waals surface area contributed by atoms with Crippen LogP contribution >= 0.6 is 15.9 Å². The maximum absolute atomic E-state index is 12.3. The maximum Gasteiger partial charge on any atom is 0.182 e. The molecule has 2 fully saturated rings. The van der Waals surface area contributed by atoms with Crippen molar-refractivity contribution in [1.29, 1.82) is 0 Å². The molecular formula is C14H18BrNO2S. The molecule has 0 heterocycles. The van der Waals surface area contributed by atoms with Gasteiger partial charge >= 0.3 is 0 Å². The van der Waals surface area contributed by atoms with Gasteiger partial charge in [0, 0.05) is 15.9 Å². The Morgan fingerprint density at radius 1 is 1.37 bits per heavy atom. The molecule has 2 aliphatic rings. The lowest BCUT2D eigenvalue weighted by atomic mass is 9.90. The van der Waals surface area contributed by atoms with Crippen LogP contribution in [0.5, 0.6) is 0 Å². The number of hydrogen-bond donors (Lipinski definition) is 1. The Labute approximate surface area is 122 Å². The van der Waals surface area contributed by atoms with Crippen molar-refractivity contribution in [3.63, 3.8) is 0 Å². The van der Waals surface area contributed by atoms with Gasteiger partial charge in [0.2, 0.25) is 0 Å². The molecule has 0 radical (unpaired) electrons. The second kappa shape index (κ2) is 4.30. The molecule has 1 unspecified atom stereocenters. The standard InChI is InChI=1S/C14H18BrNO2S/c1-9(16)14(6-7-14)10-2-5-13(12(15)8-10)19(17,18)11-3-4-11/h2,5,8-9,11H,3-4,6-7,16H2,1H3. The molecule has 0 aliphatic heterocycles.